The van der Waals surface area contributed by atoms with Crippen molar-refractivity contribution in [2.75, 3.05) is 11.1 Å². The first-order chi connectivity index (χ1) is 15.5. The lowest BCUT2D eigenvalue weighted by Gasteiger charge is -2.16. The molecule has 0 radical (unpaired) electrons. The average molecular weight is 447 g/mol. The third-order valence-electron chi connectivity index (χ3n) is 5.17. The standard InChI is InChI=1S/C25H26N4O2S/c1-17(2)20-12-7-9-18(3)23(20)26-22(30)16-32-25-28-27-24(21-13-8-14-31-21)29(25)15-19-10-5-4-6-11-19/h4-14,17H,15-16H2,1-3H3,(H,26,30). The second-order valence-corrected chi connectivity index (χ2v) is 8.83. The van der Waals surface area contributed by atoms with E-state index in [1.165, 1.54) is 11.8 Å². The van der Waals surface area contributed by atoms with Crippen molar-refractivity contribution < 1.29 is 9.21 Å². The highest BCUT2D eigenvalue weighted by molar-refractivity contribution is 7.99. The number of rotatable bonds is 8. The molecule has 164 valence electrons. The van der Waals surface area contributed by atoms with Crippen LogP contribution in [0.4, 0.5) is 5.69 Å². The number of thioether (sulfide) groups is 1. The van der Waals surface area contributed by atoms with Gasteiger partial charge in [-0.2, -0.15) is 0 Å². The summed E-state index contributed by atoms with van der Waals surface area (Å²) in [6, 6.07) is 19.9. The largest absolute Gasteiger partial charge is 0.461 e. The molecule has 7 heteroatoms. The summed E-state index contributed by atoms with van der Waals surface area (Å²) in [6.07, 6.45) is 1.62. The van der Waals surface area contributed by atoms with Gasteiger partial charge in [0.2, 0.25) is 11.7 Å². The quantitative estimate of drug-likeness (QED) is 0.349. The summed E-state index contributed by atoms with van der Waals surface area (Å²) in [6.45, 7) is 6.85. The highest BCUT2D eigenvalue weighted by Crippen LogP contribution is 2.29. The summed E-state index contributed by atoms with van der Waals surface area (Å²) in [5.41, 5.74) is 4.21. The van der Waals surface area contributed by atoms with Gasteiger partial charge in [-0.1, -0.05) is 74.1 Å². The predicted octanol–water partition coefficient (Wildman–Crippen LogP) is 5.75. The van der Waals surface area contributed by atoms with Crippen LogP contribution in [0, 0.1) is 6.92 Å². The molecular formula is C25H26N4O2S. The Balaban J connectivity index is 1.53. The Labute approximate surface area is 192 Å². The number of hydrogen-bond acceptors (Lipinski definition) is 5. The van der Waals surface area contributed by atoms with Crippen LogP contribution in [0.1, 0.15) is 36.5 Å². The molecule has 0 aliphatic rings. The lowest BCUT2D eigenvalue weighted by molar-refractivity contribution is -0.113. The van der Waals surface area contributed by atoms with Crippen molar-refractivity contribution in [3.8, 4) is 11.6 Å². The molecule has 0 atom stereocenters. The third-order valence-corrected chi connectivity index (χ3v) is 6.13. The third kappa shape index (κ3) is 4.94. The highest BCUT2D eigenvalue weighted by atomic mass is 32.2. The summed E-state index contributed by atoms with van der Waals surface area (Å²) < 4.78 is 7.54. The van der Waals surface area contributed by atoms with Crippen LogP contribution in [0.15, 0.2) is 76.5 Å². The van der Waals surface area contributed by atoms with Crippen molar-refractivity contribution >= 4 is 23.4 Å². The average Bonchev–Trinajstić information content (AvgIpc) is 3.44. The van der Waals surface area contributed by atoms with Gasteiger partial charge in [-0.15, -0.1) is 10.2 Å². The molecule has 0 saturated heterocycles. The van der Waals surface area contributed by atoms with Crippen LogP contribution in [0.3, 0.4) is 0 Å². The number of carbonyl (C=O) groups is 1. The second-order valence-electron chi connectivity index (χ2n) is 7.89. The van der Waals surface area contributed by atoms with Crippen LogP contribution in [-0.4, -0.2) is 26.4 Å². The van der Waals surface area contributed by atoms with Gasteiger partial charge in [0, 0.05) is 5.69 Å². The van der Waals surface area contributed by atoms with Crippen LogP contribution in [0.2, 0.25) is 0 Å². The Bertz CT molecular complexity index is 1180. The summed E-state index contributed by atoms with van der Waals surface area (Å²) >= 11 is 1.37. The fraction of sp³-hybridized carbons (Fsp3) is 0.240. The number of carbonyl (C=O) groups excluding carboxylic acids is 1. The SMILES string of the molecule is Cc1cccc(C(C)C)c1NC(=O)CSc1nnc(-c2ccco2)n1Cc1ccccc1. The van der Waals surface area contributed by atoms with E-state index in [1.54, 1.807) is 6.26 Å². The van der Waals surface area contributed by atoms with Crippen LogP contribution in [0.25, 0.3) is 11.6 Å². The number of nitrogens with one attached hydrogen (secondary N) is 1. The number of aromatic nitrogens is 3. The zero-order chi connectivity index (χ0) is 22.5. The number of para-hydroxylation sites is 1. The van der Waals surface area contributed by atoms with Gasteiger partial charge in [0.25, 0.3) is 0 Å². The lowest BCUT2D eigenvalue weighted by Crippen LogP contribution is -2.17. The number of nitrogens with zero attached hydrogens (tertiary/aromatic N) is 3. The summed E-state index contributed by atoms with van der Waals surface area (Å²) in [5, 5.41) is 12.5. The molecule has 0 aliphatic heterocycles. The smallest absolute Gasteiger partial charge is 0.234 e. The van der Waals surface area contributed by atoms with Gasteiger partial charge in [0.1, 0.15) is 0 Å². The van der Waals surface area contributed by atoms with Gasteiger partial charge in [-0.05, 0) is 41.7 Å². The van der Waals surface area contributed by atoms with Gasteiger partial charge < -0.3 is 9.73 Å². The molecule has 2 aromatic carbocycles. The molecule has 0 fully saturated rings. The van der Waals surface area contributed by atoms with E-state index in [4.69, 9.17) is 4.42 Å². The van der Waals surface area contributed by atoms with E-state index < -0.39 is 0 Å². The van der Waals surface area contributed by atoms with E-state index in [2.05, 4.69) is 47.6 Å². The van der Waals surface area contributed by atoms with E-state index in [-0.39, 0.29) is 11.7 Å². The minimum Gasteiger partial charge on any atom is -0.461 e. The van der Waals surface area contributed by atoms with Crippen LogP contribution < -0.4 is 5.32 Å². The van der Waals surface area contributed by atoms with Gasteiger partial charge in [0.15, 0.2) is 10.9 Å². The van der Waals surface area contributed by atoms with Crippen molar-refractivity contribution in [2.45, 2.75) is 38.4 Å². The Kier molecular flexibility index (Phi) is 6.75. The number of furan rings is 1. The molecular weight excluding hydrogens is 420 g/mol. The normalized spacial score (nSPS) is 11.1. The molecule has 4 aromatic rings. The first-order valence-corrected chi connectivity index (χ1v) is 11.5. The molecule has 6 nitrogen and oxygen atoms in total. The van der Waals surface area contributed by atoms with Gasteiger partial charge in [-0.25, -0.2) is 0 Å². The zero-order valence-electron chi connectivity index (χ0n) is 18.4. The molecule has 0 unspecified atom stereocenters. The van der Waals surface area contributed by atoms with Gasteiger partial charge in [0.05, 0.1) is 18.6 Å². The van der Waals surface area contributed by atoms with Crippen LogP contribution in [-0.2, 0) is 11.3 Å². The molecule has 4 rings (SSSR count). The lowest BCUT2D eigenvalue weighted by atomic mass is 9.98. The summed E-state index contributed by atoms with van der Waals surface area (Å²) in [5.74, 6) is 1.77. The summed E-state index contributed by atoms with van der Waals surface area (Å²) in [7, 11) is 0. The Morgan fingerprint density at radius 1 is 1.06 bits per heavy atom. The van der Waals surface area contributed by atoms with Crippen LogP contribution >= 0.6 is 11.8 Å². The maximum atomic E-state index is 12.8. The fourth-order valence-electron chi connectivity index (χ4n) is 3.54. The monoisotopic (exact) mass is 446 g/mol. The molecule has 32 heavy (non-hydrogen) atoms. The number of amides is 1. The van der Waals surface area contributed by atoms with Crippen molar-refractivity contribution in [3.05, 3.63) is 83.6 Å². The van der Waals surface area contributed by atoms with Crippen molar-refractivity contribution in [2.24, 2.45) is 0 Å². The molecule has 0 bridgehead atoms. The molecule has 0 saturated carbocycles. The fourth-order valence-corrected chi connectivity index (χ4v) is 4.28. The van der Waals surface area contributed by atoms with Crippen molar-refractivity contribution in [1.29, 1.82) is 0 Å². The van der Waals surface area contributed by atoms with Gasteiger partial charge >= 0.3 is 0 Å². The van der Waals surface area contributed by atoms with Crippen molar-refractivity contribution in [3.63, 3.8) is 0 Å². The molecule has 0 spiro atoms. The number of hydrogen-bond donors (Lipinski definition) is 1. The molecule has 2 aromatic heterocycles. The van der Waals surface area contributed by atoms with E-state index in [0.29, 0.717) is 29.2 Å². The van der Waals surface area contributed by atoms with E-state index in [1.807, 2.05) is 54.0 Å². The number of benzene rings is 2. The Morgan fingerprint density at radius 3 is 2.59 bits per heavy atom. The first-order valence-electron chi connectivity index (χ1n) is 10.6. The minimum atomic E-state index is -0.0694. The first kappa shape index (κ1) is 21.9. The highest BCUT2D eigenvalue weighted by Gasteiger charge is 2.19. The number of anilines is 1. The van der Waals surface area contributed by atoms with Crippen molar-refractivity contribution in [1.82, 2.24) is 14.8 Å². The van der Waals surface area contributed by atoms with E-state index in [9.17, 15) is 4.79 Å². The molecule has 1 amide bonds. The maximum absolute atomic E-state index is 12.8. The molecule has 2 heterocycles. The predicted molar refractivity (Wildman–Crippen MR) is 128 cm³/mol. The summed E-state index contributed by atoms with van der Waals surface area (Å²) in [4.78, 5) is 12.8. The van der Waals surface area contributed by atoms with Gasteiger partial charge in [-0.3, -0.25) is 9.36 Å². The molecule has 0 aliphatic carbocycles. The number of aryl methyl sites for hydroxylation is 1. The van der Waals surface area contributed by atoms with Crippen LogP contribution in [0.5, 0.6) is 0 Å². The minimum absolute atomic E-state index is 0.0694. The zero-order valence-corrected chi connectivity index (χ0v) is 19.2. The van der Waals surface area contributed by atoms with E-state index >= 15 is 0 Å². The van der Waals surface area contributed by atoms with E-state index in [0.717, 1.165) is 22.4 Å². The second kappa shape index (κ2) is 9.87. The maximum Gasteiger partial charge on any atom is 0.234 e. The topological polar surface area (TPSA) is 73.0 Å². The Hall–Kier alpha value is -3.32. The Morgan fingerprint density at radius 2 is 1.88 bits per heavy atom. The molecule has 1 N–H and O–H groups in total.